The molecule has 1 atom stereocenters. The molecule has 0 spiro atoms. The number of aliphatic hydroxyl groups is 1. The van der Waals surface area contributed by atoms with Crippen molar-refractivity contribution in [3.8, 4) is 0 Å². The van der Waals surface area contributed by atoms with Crippen LogP contribution < -0.4 is 0 Å². The monoisotopic (exact) mass is 226 g/mol. The van der Waals surface area contributed by atoms with Gasteiger partial charge in [0, 0.05) is 38.7 Å². The second-order valence-corrected chi connectivity index (χ2v) is 4.86. The minimum atomic E-state index is 0.310. The molecule has 1 unspecified atom stereocenters. The van der Waals surface area contributed by atoms with Crippen LogP contribution in [0.4, 0.5) is 0 Å². The van der Waals surface area contributed by atoms with Gasteiger partial charge in [0.25, 0.3) is 0 Å². The Morgan fingerprint density at radius 3 is 2.94 bits per heavy atom. The summed E-state index contributed by atoms with van der Waals surface area (Å²) in [4.78, 5) is 16.0. The van der Waals surface area contributed by atoms with Gasteiger partial charge in [0.2, 0.25) is 5.91 Å². The zero-order valence-corrected chi connectivity index (χ0v) is 9.90. The van der Waals surface area contributed by atoms with Crippen molar-refractivity contribution < 1.29 is 9.90 Å². The third kappa shape index (κ3) is 2.74. The van der Waals surface area contributed by atoms with Gasteiger partial charge < -0.3 is 10.0 Å². The molecule has 0 aromatic carbocycles. The molecule has 0 bridgehead atoms. The van der Waals surface area contributed by atoms with Crippen LogP contribution in [0.1, 0.15) is 32.1 Å². The van der Waals surface area contributed by atoms with Crippen molar-refractivity contribution in [3.63, 3.8) is 0 Å². The largest absolute Gasteiger partial charge is 0.396 e. The van der Waals surface area contributed by atoms with Gasteiger partial charge in [0.15, 0.2) is 0 Å². The number of carbonyl (C=O) groups is 1. The lowest BCUT2D eigenvalue weighted by Crippen LogP contribution is -2.51. The lowest BCUT2D eigenvalue weighted by molar-refractivity contribution is -0.130. The Kier molecular flexibility index (Phi) is 4.18. The number of hydrogen-bond acceptors (Lipinski definition) is 3. The predicted octanol–water partition coefficient (Wildman–Crippen LogP) is 0.456. The molecule has 2 aliphatic rings. The molecule has 2 aliphatic heterocycles. The Bertz CT molecular complexity index is 245. The first-order valence-electron chi connectivity index (χ1n) is 6.44. The number of nitrogens with zero attached hydrogens (tertiary/aromatic N) is 2. The Morgan fingerprint density at radius 1 is 1.25 bits per heavy atom. The summed E-state index contributed by atoms with van der Waals surface area (Å²) in [7, 11) is 0. The number of carbonyl (C=O) groups excluding carboxylic acids is 1. The zero-order chi connectivity index (χ0) is 11.4. The fourth-order valence-electron chi connectivity index (χ4n) is 2.76. The van der Waals surface area contributed by atoms with E-state index in [9.17, 15) is 4.79 Å². The van der Waals surface area contributed by atoms with Gasteiger partial charge in [-0.15, -0.1) is 0 Å². The van der Waals surface area contributed by atoms with Gasteiger partial charge in [0.05, 0.1) is 0 Å². The quantitative estimate of drug-likeness (QED) is 0.692. The molecular weight excluding hydrogens is 204 g/mol. The number of aliphatic hydroxyl groups excluding tert-OH is 1. The van der Waals surface area contributed by atoms with Gasteiger partial charge in [-0.2, -0.15) is 0 Å². The van der Waals surface area contributed by atoms with Crippen LogP contribution in [0.25, 0.3) is 0 Å². The first-order chi connectivity index (χ1) is 7.81. The number of hydrogen-bond donors (Lipinski definition) is 1. The SMILES string of the molecule is O=C1CCC2CN(CCCCCO)CCN12. The minimum Gasteiger partial charge on any atom is -0.396 e. The van der Waals surface area contributed by atoms with E-state index in [0.29, 0.717) is 18.6 Å². The molecule has 0 aromatic heterocycles. The van der Waals surface area contributed by atoms with E-state index in [-0.39, 0.29) is 0 Å². The second kappa shape index (κ2) is 5.64. The molecule has 0 aromatic rings. The van der Waals surface area contributed by atoms with Crippen molar-refractivity contribution in [1.82, 2.24) is 9.80 Å². The van der Waals surface area contributed by atoms with Crippen molar-refractivity contribution in [2.24, 2.45) is 0 Å². The van der Waals surface area contributed by atoms with Gasteiger partial charge in [-0.3, -0.25) is 9.69 Å². The number of unbranched alkanes of at least 4 members (excludes halogenated alkanes) is 2. The Labute approximate surface area is 97.2 Å². The van der Waals surface area contributed by atoms with Gasteiger partial charge in [-0.1, -0.05) is 0 Å². The predicted molar refractivity (Wildman–Crippen MR) is 62.1 cm³/mol. The molecule has 4 nitrogen and oxygen atoms in total. The van der Waals surface area contributed by atoms with E-state index in [1.807, 2.05) is 0 Å². The highest BCUT2D eigenvalue weighted by Crippen LogP contribution is 2.22. The van der Waals surface area contributed by atoms with Gasteiger partial charge in [-0.05, 0) is 32.2 Å². The van der Waals surface area contributed by atoms with E-state index in [1.54, 1.807) is 0 Å². The molecule has 2 saturated heterocycles. The van der Waals surface area contributed by atoms with Crippen LogP contribution in [-0.4, -0.2) is 59.6 Å². The first-order valence-corrected chi connectivity index (χ1v) is 6.44. The van der Waals surface area contributed by atoms with Crippen LogP contribution in [-0.2, 0) is 4.79 Å². The van der Waals surface area contributed by atoms with E-state index in [1.165, 1.54) is 6.42 Å². The first kappa shape index (κ1) is 11.9. The van der Waals surface area contributed by atoms with Crippen molar-refractivity contribution in [2.75, 3.05) is 32.8 Å². The summed E-state index contributed by atoms with van der Waals surface area (Å²) >= 11 is 0. The van der Waals surface area contributed by atoms with Crippen LogP contribution in [0.5, 0.6) is 0 Å². The van der Waals surface area contributed by atoms with E-state index in [2.05, 4.69) is 9.80 Å². The van der Waals surface area contributed by atoms with E-state index in [0.717, 1.165) is 51.9 Å². The lowest BCUT2D eigenvalue weighted by Gasteiger charge is -2.37. The lowest BCUT2D eigenvalue weighted by atomic mass is 10.1. The summed E-state index contributed by atoms with van der Waals surface area (Å²) < 4.78 is 0. The van der Waals surface area contributed by atoms with Crippen LogP contribution in [0, 0.1) is 0 Å². The molecule has 1 N–H and O–H groups in total. The van der Waals surface area contributed by atoms with Gasteiger partial charge in [0.1, 0.15) is 0 Å². The molecule has 2 heterocycles. The molecule has 16 heavy (non-hydrogen) atoms. The van der Waals surface area contributed by atoms with E-state index in [4.69, 9.17) is 5.11 Å². The fourth-order valence-corrected chi connectivity index (χ4v) is 2.76. The summed E-state index contributed by atoms with van der Waals surface area (Å²) in [5, 5.41) is 8.70. The van der Waals surface area contributed by atoms with Crippen molar-refractivity contribution in [3.05, 3.63) is 0 Å². The van der Waals surface area contributed by atoms with Crippen LogP contribution in [0.2, 0.25) is 0 Å². The molecule has 2 fully saturated rings. The number of piperazine rings is 1. The average molecular weight is 226 g/mol. The van der Waals surface area contributed by atoms with Gasteiger partial charge >= 0.3 is 0 Å². The molecule has 0 radical (unpaired) electrons. The van der Waals surface area contributed by atoms with Crippen molar-refractivity contribution >= 4 is 5.91 Å². The Balaban J connectivity index is 1.68. The highest BCUT2D eigenvalue weighted by molar-refractivity contribution is 5.78. The summed E-state index contributed by atoms with van der Waals surface area (Å²) in [5.41, 5.74) is 0. The summed E-state index contributed by atoms with van der Waals surface area (Å²) in [6.07, 6.45) is 5.00. The highest BCUT2D eigenvalue weighted by Gasteiger charge is 2.34. The van der Waals surface area contributed by atoms with Crippen molar-refractivity contribution in [2.45, 2.75) is 38.1 Å². The fraction of sp³-hybridized carbons (Fsp3) is 0.917. The standard InChI is InChI=1S/C12H22N2O2/c15-9-3-1-2-6-13-7-8-14-11(10-13)4-5-12(14)16/h11,15H,1-10H2. The van der Waals surface area contributed by atoms with Crippen LogP contribution in [0.15, 0.2) is 0 Å². The third-order valence-electron chi connectivity index (χ3n) is 3.71. The second-order valence-electron chi connectivity index (χ2n) is 4.86. The molecule has 4 heteroatoms. The zero-order valence-electron chi connectivity index (χ0n) is 9.90. The molecule has 92 valence electrons. The Hall–Kier alpha value is -0.610. The third-order valence-corrected chi connectivity index (χ3v) is 3.71. The topological polar surface area (TPSA) is 43.8 Å². The highest BCUT2D eigenvalue weighted by atomic mass is 16.2. The maximum absolute atomic E-state index is 11.5. The Morgan fingerprint density at radius 2 is 2.12 bits per heavy atom. The average Bonchev–Trinajstić information content (AvgIpc) is 2.66. The molecular formula is C12H22N2O2. The van der Waals surface area contributed by atoms with Crippen LogP contribution in [0.3, 0.4) is 0 Å². The summed E-state index contributed by atoms with van der Waals surface area (Å²) in [6.45, 7) is 4.44. The molecule has 0 aliphatic carbocycles. The van der Waals surface area contributed by atoms with Crippen molar-refractivity contribution in [1.29, 1.82) is 0 Å². The number of rotatable bonds is 5. The summed E-state index contributed by atoms with van der Waals surface area (Å²) in [5.74, 6) is 0.352. The molecule has 1 amide bonds. The number of amides is 1. The normalized spacial score (nSPS) is 26.2. The molecule has 0 saturated carbocycles. The molecule has 2 rings (SSSR count). The van der Waals surface area contributed by atoms with E-state index < -0.39 is 0 Å². The summed E-state index contributed by atoms with van der Waals surface area (Å²) in [6, 6.07) is 0.485. The maximum Gasteiger partial charge on any atom is 0.222 e. The van der Waals surface area contributed by atoms with Crippen LogP contribution >= 0.6 is 0 Å². The van der Waals surface area contributed by atoms with Gasteiger partial charge in [-0.25, -0.2) is 0 Å². The minimum absolute atomic E-state index is 0.310. The van der Waals surface area contributed by atoms with E-state index >= 15 is 0 Å². The number of fused-ring (bicyclic) bond motifs is 1. The maximum atomic E-state index is 11.5. The smallest absolute Gasteiger partial charge is 0.222 e.